The van der Waals surface area contributed by atoms with Gasteiger partial charge in [-0.15, -0.1) is 0 Å². The topological polar surface area (TPSA) is 58.8 Å². The van der Waals surface area contributed by atoms with Crippen molar-refractivity contribution in [2.75, 3.05) is 36.0 Å². The summed E-state index contributed by atoms with van der Waals surface area (Å²) in [6.07, 6.45) is 1.41. The van der Waals surface area contributed by atoms with E-state index in [9.17, 15) is 9.18 Å². The molecule has 108 valence electrons. The molecule has 1 aromatic rings. The molecule has 2 N–H and O–H groups in total. The van der Waals surface area contributed by atoms with Gasteiger partial charge in [0.15, 0.2) is 0 Å². The van der Waals surface area contributed by atoms with Gasteiger partial charge in [0.1, 0.15) is 11.9 Å². The van der Waals surface area contributed by atoms with Crippen molar-refractivity contribution in [1.82, 2.24) is 0 Å². The molecule has 2 saturated heterocycles. The van der Waals surface area contributed by atoms with Gasteiger partial charge in [-0.05, 0) is 31.0 Å². The number of ether oxygens (including phenoxy) is 1. The fourth-order valence-electron chi connectivity index (χ4n) is 2.73. The van der Waals surface area contributed by atoms with E-state index in [2.05, 4.69) is 0 Å². The SMILES string of the molecule is NCC1CN(c2ccc(N3CCCC3)c(F)c2)C(=O)O1. The van der Waals surface area contributed by atoms with Crippen molar-refractivity contribution in [3.8, 4) is 0 Å². The molecule has 0 spiro atoms. The maximum absolute atomic E-state index is 14.2. The van der Waals surface area contributed by atoms with Crippen LogP contribution < -0.4 is 15.5 Å². The lowest BCUT2D eigenvalue weighted by atomic mass is 10.2. The van der Waals surface area contributed by atoms with E-state index in [-0.39, 0.29) is 18.5 Å². The molecular weight excluding hydrogens is 261 g/mol. The first kappa shape index (κ1) is 13.2. The van der Waals surface area contributed by atoms with E-state index in [0.717, 1.165) is 25.9 Å². The fourth-order valence-corrected chi connectivity index (χ4v) is 2.73. The van der Waals surface area contributed by atoms with E-state index in [1.165, 1.54) is 11.0 Å². The lowest BCUT2D eigenvalue weighted by molar-refractivity contribution is 0.145. The lowest BCUT2D eigenvalue weighted by Gasteiger charge is -2.20. The van der Waals surface area contributed by atoms with E-state index >= 15 is 0 Å². The lowest BCUT2D eigenvalue weighted by Crippen LogP contribution is -2.27. The summed E-state index contributed by atoms with van der Waals surface area (Å²) in [5.74, 6) is -0.298. The summed E-state index contributed by atoms with van der Waals surface area (Å²) in [5, 5.41) is 0. The molecule has 1 atom stereocenters. The smallest absolute Gasteiger partial charge is 0.414 e. The summed E-state index contributed by atoms with van der Waals surface area (Å²) < 4.78 is 19.3. The highest BCUT2D eigenvalue weighted by Gasteiger charge is 2.32. The minimum atomic E-state index is -0.464. The molecule has 0 radical (unpaired) electrons. The van der Waals surface area contributed by atoms with Gasteiger partial charge in [-0.1, -0.05) is 0 Å². The number of rotatable bonds is 3. The molecule has 1 amide bonds. The van der Waals surface area contributed by atoms with Gasteiger partial charge >= 0.3 is 6.09 Å². The molecule has 1 unspecified atom stereocenters. The zero-order valence-corrected chi connectivity index (χ0v) is 11.2. The number of benzene rings is 1. The van der Waals surface area contributed by atoms with Crippen molar-refractivity contribution in [1.29, 1.82) is 0 Å². The second-order valence-corrected chi connectivity index (χ2v) is 5.18. The first-order chi connectivity index (χ1) is 9.69. The van der Waals surface area contributed by atoms with Gasteiger partial charge in [0.25, 0.3) is 0 Å². The van der Waals surface area contributed by atoms with Crippen LogP contribution in [0.3, 0.4) is 0 Å². The number of anilines is 2. The predicted octanol–water partition coefficient (Wildman–Crippen LogP) is 1.71. The van der Waals surface area contributed by atoms with Crippen LogP contribution in [0, 0.1) is 5.82 Å². The Hall–Kier alpha value is -1.82. The number of carbonyl (C=O) groups excluding carboxylic acids is 1. The quantitative estimate of drug-likeness (QED) is 0.915. The number of halogens is 1. The van der Waals surface area contributed by atoms with Crippen LogP contribution in [0.1, 0.15) is 12.8 Å². The van der Waals surface area contributed by atoms with Crippen molar-refractivity contribution < 1.29 is 13.9 Å². The van der Waals surface area contributed by atoms with E-state index in [1.807, 2.05) is 4.90 Å². The third kappa shape index (κ3) is 2.31. The van der Waals surface area contributed by atoms with Crippen LogP contribution in [0.15, 0.2) is 18.2 Å². The minimum Gasteiger partial charge on any atom is -0.443 e. The third-order valence-electron chi connectivity index (χ3n) is 3.83. The molecule has 0 saturated carbocycles. The molecule has 0 aliphatic carbocycles. The van der Waals surface area contributed by atoms with Crippen molar-refractivity contribution in [3.05, 3.63) is 24.0 Å². The number of amides is 1. The predicted molar refractivity (Wildman–Crippen MR) is 74.5 cm³/mol. The number of nitrogens with zero attached hydrogens (tertiary/aromatic N) is 2. The average Bonchev–Trinajstić information content (AvgIpc) is 3.07. The number of nitrogens with two attached hydrogens (primary N) is 1. The van der Waals surface area contributed by atoms with Crippen LogP contribution in [-0.2, 0) is 4.74 Å². The zero-order chi connectivity index (χ0) is 14.1. The van der Waals surface area contributed by atoms with Gasteiger partial charge in [0.2, 0.25) is 0 Å². The summed E-state index contributed by atoms with van der Waals surface area (Å²) in [5.41, 5.74) is 6.61. The average molecular weight is 279 g/mol. The number of hydrogen-bond acceptors (Lipinski definition) is 4. The van der Waals surface area contributed by atoms with Crippen molar-refractivity contribution >= 4 is 17.5 Å². The Bertz CT molecular complexity index is 517. The van der Waals surface area contributed by atoms with Crippen LogP contribution in [0.25, 0.3) is 0 Å². The molecule has 0 bridgehead atoms. The number of carbonyl (C=O) groups is 1. The van der Waals surface area contributed by atoms with Crippen LogP contribution in [-0.4, -0.2) is 38.4 Å². The van der Waals surface area contributed by atoms with Crippen molar-refractivity contribution in [2.24, 2.45) is 5.73 Å². The van der Waals surface area contributed by atoms with E-state index in [0.29, 0.717) is 17.9 Å². The second-order valence-electron chi connectivity index (χ2n) is 5.18. The molecule has 2 aliphatic rings. The molecule has 3 rings (SSSR count). The summed E-state index contributed by atoms with van der Waals surface area (Å²) in [6.45, 7) is 2.42. The zero-order valence-electron chi connectivity index (χ0n) is 11.2. The molecule has 1 aromatic carbocycles. The normalized spacial score (nSPS) is 22.5. The Labute approximate surface area is 117 Å². The summed E-state index contributed by atoms with van der Waals surface area (Å²) >= 11 is 0. The number of cyclic esters (lactones) is 1. The standard InChI is InChI=1S/C14H18FN3O2/c15-12-7-10(18-9-11(8-16)20-14(18)19)3-4-13(12)17-5-1-2-6-17/h3-4,7,11H,1-2,5-6,8-9,16H2. The van der Waals surface area contributed by atoms with E-state index < -0.39 is 6.09 Å². The van der Waals surface area contributed by atoms with Gasteiger partial charge in [-0.2, -0.15) is 0 Å². The highest BCUT2D eigenvalue weighted by atomic mass is 19.1. The third-order valence-corrected chi connectivity index (χ3v) is 3.83. The Balaban J connectivity index is 1.81. The van der Waals surface area contributed by atoms with Gasteiger partial charge in [-0.3, -0.25) is 4.90 Å². The Morgan fingerprint density at radius 3 is 2.70 bits per heavy atom. The van der Waals surface area contributed by atoms with Crippen LogP contribution >= 0.6 is 0 Å². The molecule has 20 heavy (non-hydrogen) atoms. The van der Waals surface area contributed by atoms with Crippen LogP contribution in [0.2, 0.25) is 0 Å². The minimum absolute atomic E-state index is 0.274. The Kier molecular flexibility index (Phi) is 3.48. The molecular formula is C14H18FN3O2. The molecule has 0 aromatic heterocycles. The molecule has 5 nitrogen and oxygen atoms in total. The molecule has 2 fully saturated rings. The van der Waals surface area contributed by atoms with E-state index in [4.69, 9.17) is 10.5 Å². The van der Waals surface area contributed by atoms with Crippen LogP contribution in [0.4, 0.5) is 20.6 Å². The summed E-state index contributed by atoms with van der Waals surface area (Å²) in [7, 11) is 0. The van der Waals surface area contributed by atoms with Crippen molar-refractivity contribution in [2.45, 2.75) is 18.9 Å². The highest BCUT2D eigenvalue weighted by molar-refractivity contribution is 5.90. The highest BCUT2D eigenvalue weighted by Crippen LogP contribution is 2.29. The van der Waals surface area contributed by atoms with Gasteiger partial charge < -0.3 is 15.4 Å². The van der Waals surface area contributed by atoms with E-state index in [1.54, 1.807) is 12.1 Å². The van der Waals surface area contributed by atoms with Gasteiger partial charge in [-0.25, -0.2) is 9.18 Å². The maximum atomic E-state index is 14.2. The first-order valence-corrected chi connectivity index (χ1v) is 6.92. The largest absolute Gasteiger partial charge is 0.443 e. The summed E-state index contributed by atoms with van der Waals surface area (Å²) in [4.78, 5) is 15.2. The van der Waals surface area contributed by atoms with Crippen LogP contribution in [0.5, 0.6) is 0 Å². The molecule has 2 aliphatic heterocycles. The molecule has 2 heterocycles. The monoisotopic (exact) mass is 279 g/mol. The van der Waals surface area contributed by atoms with Gasteiger partial charge in [0, 0.05) is 19.6 Å². The maximum Gasteiger partial charge on any atom is 0.414 e. The molecule has 6 heteroatoms. The Morgan fingerprint density at radius 2 is 2.10 bits per heavy atom. The second kappa shape index (κ2) is 5.28. The fraction of sp³-hybridized carbons (Fsp3) is 0.500. The summed E-state index contributed by atoms with van der Waals surface area (Å²) in [6, 6.07) is 4.89. The Morgan fingerprint density at radius 1 is 1.35 bits per heavy atom. The first-order valence-electron chi connectivity index (χ1n) is 6.92. The van der Waals surface area contributed by atoms with Gasteiger partial charge in [0.05, 0.1) is 17.9 Å². The van der Waals surface area contributed by atoms with Crippen molar-refractivity contribution in [3.63, 3.8) is 0 Å². The number of hydrogen-bond donors (Lipinski definition) is 1.